The van der Waals surface area contributed by atoms with Gasteiger partial charge in [0.15, 0.2) is 0 Å². The molecule has 2 saturated carbocycles. The summed E-state index contributed by atoms with van der Waals surface area (Å²) in [6.45, 7) is 6.03. The Hall–Kier alpha value is -0.610. The maximum atomic E-state index is 12.4. The highest BCUT2D eigenvalue weighted by Crippen LogP contribution is 2.49. The molecule has 5 unspecified atom stereocenters. The lowest BCUT2D eigenvalue weighted by molar-refractivity contribution is -0.123. The molecule has 4 heteroatoms. The zero-order valence-electron chi connectivity index (χ0n) is 14.3. The van der Waals surface area contributed by atoms with Gasteiger partial charge in [0.1, 0.15) is 0 Å². The summed E-state index contributed by atoms with van der Waals surface area (Å²) in [5.74, 6) is 3.52. The monoisotopic (exact) mass is 307 g/mol. The van der Waals surface area contributed by atoms with E-state index in [1.807, 2.05) is 7.05 Å². The Bertz CT molecular complexity index is 385. The summed E-state index contributed by atoms with van der Waals surface area (Å²) < 4.78 is 0. The fourth-order valence-electron chi connectivity index (χ4n) is 5.27. The highest BCUT2D eigenvalue weighted by atomic mass is 16.2. The number of amides is 1. The maximum Gasteiger partial charge on any atom is 0.234 e. The normalized spacial score (nSPS) is 36.5. The minimum Gasteiger partial charge on any atom is -0.352 e. The molecule has 1 saturated heterocycles. The van der Waals surface area contributed by atoms with E-state index in [0.717, 1.165) is 37.4 Å². The molecule has 0 radical (unpaired) electrons. The lowest BCUT2D eigenvalue weighted by Crippen LogP contribution is -2.47. The number of piperidine rings is 1. The Morgan fingerprint density at radius 3 is 2.82 bits per heavy atom. The molecule has 2 bridgehead atoms. The van der Waals surface area contributed by atoms with Crippen molar-refractivity contribution in [2.45, 2.75) is 51.5 Å². The first-order chi connectivity index (χ1) is 10.7. The summed E-state index contributed by atoms with van der Waals surface area (Å²) in [5.41, 5.74) is 0. The molecule has 1 heterocycles. The molecule has 0 aromatic rings. The summed E-state index contributed by atoms with van der Waals surface area (Å²) in [6, 6.07) is 0.362. The minimum absolute atomic E-state index is 0.236. The van der Waals surface area contributed by atoms with Crippen LogP contribution in [0.25, 0.3) is 0 Å². The Balaban J connectivity index is 1.42. The fourth-order valence-corrected chi connectivity index (χ4v) is 5.27. The van der Waals surface area contributed by atoms with E-state index in [2.05, 4.69) is 22.5 Å². The SMILES string of the molecule is CNCC1CCCN(CC(=O)NC(C)C2CC3CCC2C3)C1. The standard InChI is InChI=1S/C18H33N3O/c1-13(17-9-14-5-6-16(17)8-14)20-18(22)12-21-7-3-4-15(11-21)10-19-2/h13-17,19H,3-12H2,1-2H3,(H,20,22). The van der Waals surface area contributed by atoms with E-state index in [-0.39, 0.29) is 5.91 Å². The largest absolute Gasteiger partial charge is 0.352 e. The van der Waals surface area contributed by atoms with Crippen molar-refractivity contribution in [2.24, 2.45) is 23.7 Å². The van der Waals surface area contributed by atoms with Crippen LogP contribution in [-0.2, 0) is 4.79 Å². The Morgan fingerprint density at radius 1 is 1.27 bits per heavy atom. The number of rotatable bonds is 6. The molecule has 0 aromatic carbocycles. The minimum atomic E-state index is 0.236. The van der Waals surface area contributed by atoms with E-state index in [9.17, 15) is 4.79 Å². The Kier molecular flexibility index (Phi) is 5.40. The molecule has 126 valence electrons. The summed E-state index contributed by atoms with van der Waals surface area (Å²) in [5, 5.41) is 6.57. The predicted molar refractivity (Wildman–Crippen MR) is 89.6 cm³/mol. The van der Waals surface area contributed by atoms with Crippen molar-refractivity contribution >= 4 is 5.91 Å². The van der Waals surface area contributed by atoms with Gasteiger partial charge >= 0.3 is 0 Å². The number of hydrogen-bond acceptors (Lipinski definition) is 3. The van der Waals surface area contributed by atoms with Crippen LogP contribution in [0.5, 0.6) is 0 Å². The molecule has 3 aliphatic rings. The van der Waals surface area contributed by atoms with E-state index < -0.39 is 0 Å². The van der Waals surface area contributed by atoms with Crippen molar-refractivity contribution in [2.75, 3.05) is 33.2 Å². The van der Waals surface area contributed by atoms with Crippen LogP contribution in [0.2, 0.25) is 0 Å². The number of nitrogens with zero attached hydrogens (tertiary/aromatic N) is 1. The third kappa shape index (κ3) is 3.83. The number of nitrogens with one attached hydrogen (secondary N) is 2. The summed E-state index contributed by atoms with van der Waals surface area (Å²) >= 11 is 0. The van der Waals surface area contributed by atoms with Gasteiger partial charge in [-0.05, 0) is 82.8 Å². The van der Waals surface area contributed by atoms with Gasteiger partial charge in [0, 0.05) is 12.6 Å². The lowest BCUT2D eigenvalue weighted by atomic mass is 9.84. The van der Waals surface area contributed by atoms with E-state index in [1.54, 1.807) is 0 Å². The van der Waals surface area contributed by atoms with E-state index in [0.29, 0.717) is 18.5 Å². The van der Waals surface area contributed by atoms with Gasteiger partial charge in [0.25, 0.3) is 0 Å². The predicted octanol–water partition coefficient (Wildman–Crippen LogP) is 1.86. The number of hydrogen-bond donors (Lipinski definition) is 2. The van der Waals surface area contributed by atoms with Crippen molar-refractivity contribution in [3.05, 3.63) is 0 Å². The highest BCUT2D eigenvalue weighted by Gasteiger charge is 2.42. The van der Waals surface area contributed by atoms with Crippen molar-refractivity contribution in [1.29, 1.82) is 0 Å². The van der Waals surface area contributed by atoms with Crippen LogP contribution in [-0.4, -0.2) is 50.1 Å². The maximum absolute atomic E-state index is 12.4. The first kappa shape index (κ1) is 16.3. The summed E-state index contributed by atoms with van der Waals surface area (Å²) in [6.07, 6.45) is 8.11. The second-order valence-corrected chi connectivity index (χ2v) is 8.00. The number of likely N-dealkylation sites (tertiary alicyclic amines) is 1. The van der Waals surface area contributed by atoms with Gasteiger partial charge < -0.3 is 10.6 Å². The Labute approximate surface area is 135 Å². The summed E-state index contributed by atoms with van der Waals surface area (Å²) in [4.78, 5) is 14.7. The first-order valence-electron chi connectivity index (χ1n) is 9.32. The molecule has 0 aromatic heterocycles. The average Bonchev–Trinajstić information content (AvgIpc) is 3.10. The molecular formula is C18H33N3O. The molecule has 1 amide bonds. The van der Waals surface area contributed by atoms with Gasteiger partial charge in [-0.15, -0.1) is 0 Å². The second kappa shape index (κ2) is 7.31. The zero-order valence-corrected chi connectivity index (χ0v) is 14.3. The molecule has 1 aliphatic heterocycles. The van der Waals surface area contributed by atoms with Gasteiger partial charge in [-0.25, -0.2) is 0 Å². The summed E-state index contributed by atoms with van der Waals surface area (Å²) in [7, 11) is 2.02. The van der Waals surface area contributed by atoms with E-state index >= 15 is 0 Å². The van der Waals surface area contributed by atoms with Gasteiger partial charge in [0.2, 0.25) is 5.91 Å². The topological polar surface area (TPSA) is 44.4 Å². The van der Waals surface area contributed by atoms with Crippen LogP contribution in [0.1, 0.15) is 45.4 Å². The third-order valence-corrected chi connectivity index (χ3v) is 6.29. The number of carbonyl (C=O) groups excluding carboxylic acids is 1. The van der Waals surface area contributed by atoms with Crippen molar-refractivity contribution in [1.82, 2.24) is 15.5 Å². The van der Waals surface area contributed by atoms with Crippen LogP contribution < -0.4 is 10.6 Å². The third-order valence-electron chi connectivity index (χ3n) is 6.29. The van der Waals surface area contributed by atoms with Gasteiger partial charge in [-0.1, -0.05) is 6.42 Å². The molecule has 5 atom stereocenters. The van der Waals surface area contributed by atoms with Crippen LogP contribution >= 0.6 is 0 Å². The van der Waals surface area contributed by atoms with Crippen LogP contribution in [0, 0.1) is 23.7 Å². The van der Waals surface area contributed by atoms with Gasteiger partial charge in [0.05, 0.1) is 6.54 Å². The van der Waals surface area contributed by atoms with Crippen molar-refractivity contribution in [3.63, 3.8) is 0 Å². The first-order valence-corrected chi connectivity index (χ1v) is 9.32. The quantitative estimate of drug-likeness (QED) is 0.787. The Morgan fingerprint density at radius 2 is 2.14 bits per heavy atom. The molecule has 3 fully saturated rings. The van der Waals surface area contributed by atoms with E-state index in [4.69, 9.17) is 0 Å². The average molecular weight is 307 g/mol. The number of fused-ring (bicyclic) bond motifs is 2. The van der Waals surface area contributed by atoms with Gasteiger partial charge in [-0.2, -0.15) is 0 Å². The number of carbonyl (C=O) groups is 1. The molecule has 0 spiro atoms. The van der Waals surface area contributed by atoms with Crippen molar-refractivity contribution in [3.8, 4) is 0 Å². The van der Waals surface area contributed by atoms with Crippen LogP contribution in [0.3, 0.4) is 0 Å². The lowest BCUT2D eigenvalue weighted by Gasteiger charge is -2.33. The fraction of sp³-hybridized carbons (Fsp3) is 0.944. The molecule has 2 aliphatic carbocycles. The smallest absolute Gasteiger partial charge is 0.234 e. The molecule has 22 heavy (non-hydrogen) atoms. The molecule has 4 nitrogen and oxygen atoms in total. The molecular weight excluding hydrogens is 274 g/mol. The van der Waals surface area contributed by atoms with Crippen LogP contribution in [0.4, 0.5) is 0 Å². The van der Waals surface area contributed by atoms with Crippen LogP contribution in [0.15, 0.2) is 0 Å². The van der Waals surface area contributed by atoms with Gasteiger partial charge in [-0.3, -0.25) is 9.69 Å². The molecule has 3 rings (SSSR count). The zero-order chi connectivity index (χ0) is 15.5. The second-order valence-electron chi connectivity index (χ2n) is 8.00. The van der Waals surface area contributed by atoms with Crippen molar-refractivity contribution < 1.29 is 4.79 Å². The molecule has 2 N–H and O–H groups in total. The van der Waals surface area contributed by atoms with E-state index in [1.165, 1.54) is 38.5 Å². The highest BCUT2D eigenvalue weighted by molar-refractivity contribution is 5.78.